The van der Waals surface area contributed by atoms with E-state index >= 15 is 0 Å². The maximum atomic E-state index is 12.3. The van der Waals surface area contributed by atoms with Gasteiger partial charge in [0.15, 0.2) is 5.41 Å². The van der Waals surface area contributed by atoms with E-state index in [1.165, 1.54) is 7.05 Å². The summed E-state index contributed by atoms with van der Waals surface area (Å²) < 4.78 is 0. The Morgan fingerprint density at radius 2 is 1.74 bits per heavy atom. The number of carbonyl (C=O) groups is 3. The number of rotatable bonds is 2. The van der Waals surface area contributed by atoms with Crippen molar-refractivity contribution in [3.8, 4) is 0 Å². The van der Waals surface area contributed by atoms with Crippen LogP contribution in [0, 0.1) is 0 Å². The van der Waals surface area contributed by atoms with E-state index in [0.717, 1.165) is 4.90 Å². The Morgan fingerprint density at radius 1 is 1.16 bits per heavy atom. The minimum atomic E-state index is -1.30. The summed E-state index contributed by atoms with van der Waals surface area (Å²) in [4.78, 5) is 36.9. The molecule has 19 heavy (non-hydrogen) atoms. The molecule has 1 aromatic carbocycles. The molecular weight excluding hydrogens is 255 g/mol. The summed E-state index contributed by atoms with van der Waals surface area (Å²) in [6.07, 6.45) is 0.305. The Morgan fingerprint density at radius 3 is 2.26 bits per heavy atom. The van der Waals surface area contributed by atoms with Crippen LogP contribution in [0.25, 0.3) is 0 Å². The van der Waals surface area contributed by atoms with Crippen LogP contribution in [0.3, 0.4) is 0 Å². The molecule has 1 unspecified atom stereocenters. The third-order valence-corrected chi connectivity index (χ3v) is 3.38. The van der Waals surface area contributed by atoms with Crippen LogP contribution >= 0.6 is 0 Å². The van der Waals surface area contributed by atoms with Crippen LogP contribution in [0.4, 0.5) is 4.79 Å². The van der Waals surface area contributed by atoms with Gasteiger partial charge in [0, 0.05) is 7.05 Å². The van der Waals surface area contributed by atoms with E-state index in [-0.39, 0.29) is 29.6 Å². The van der Waals surface area contributed by atoms with Crippen LogP contribution in [-0.2, 0) is 15.0 Å². The zero-order chi connectivity index (χ0) is 13.3. The van der Waals surface area contributed by atoms with Gasteiger partial charge in [-0.2, -0.15) is 0 Å². The van der Waals surface area contributed by atoms with Crippen LogP contribution in [0.1, 0.15) is 18.9 Å². The SMILES string of the molecule is CCC1(c2ccccc2)C(=O)NC(=O)N(C)C1=O.[NaH]. The standard InChI is InChI=1S/C13H14N2O3.Na.H/c1-3-13(9-7-5-4-6-8-9)10(16)14-12(18)15(2)11(13)17;;/h4-8H,3H2,1-2H3,(H,14,16,18);;. The average molecular weight is 270 g/mol. The van der Waals surface area contributed by atoms with Gasteiger partial charge in [0.05, 0.1) is 0 Å². The summed E-state index contributed by atoms with van der Waals surface area (Å²) in [6.45, 7) is 1.76. The van der Waals surface area contributed by atoms with Gasteiger partial charge in [-0.3, -0.25) is 19.8 Å². The second kappa shape index (κ2) is 5.86. The third-order valence-electron chi connectivity index (χ3n) is 3.38. The van der Waals surface area contributed by atoms with E-state index in [2.05, 4.69) is 5.32 Å². The molecule has 0 spiro atoms. The van der Waals surface area contributed by atoms with Gasteiger partial charge in [-0.1, -0.05) is 37.3 Å². The van der Waals surface area contributed by atoms with Crippen LogP contribution in [0.5, 0.6) is 0 Å². The first kappa shape index (κ1) is 15.9. The molecule has 0 aromatic heterocycles. The van der Waals surface area contributed by atoms with Gasteiger partial charge in [0.1, 0.15) is 0 Å². The Labute approximate surface area is 133 Å². The summed E-state index contributed by atoms with van der Waals surface area (Å²) in [6, 6.07) is 8.13. The topological polar surface area (TPSA) is 66.5 Å². The van der Waals surface area contributed by atoms with E-state index in [1.807, 2.05) is 6.07 Å². The van der Waals surface area contributed by atoms with E-state index in [9.17, 15) is 14.4 Å². The predicted molar refractivity (Wildman–Crippen MR) is 71.9 cm³/mol. The maximum absolute atomic E-state index is 12.3. The molecule has 1 fully saturated rings. The summed E-state index contributed by atoms with van der Waals surface area (Å²) in [5, 5.41) is 2.23. The Kier molecular flexibility index (Phi) is 4.90. The summed E-state index contributed by atoms with van der Waals surface area (Å²) >= 11 is 0. The van der Waals surface area contributed by atoms with Gasteiger partial charge in [-0.25, -0.2) is 4.79 Å². The minimum absolute atomic E-state index is 0. The quantitative estimate of drug-likeness (QED) is 0.624. The van der Waals surface area contributed by atoms with Crippen LogP contribution < -0.4 is 5.32 Å². The first-order valence-electron chi connectivity index (χ1n) is 5.73. The number of benzene rings is 1. The van der Waals surface area contributed by atoms with Crippen molar-refractivity contribution in [2.24, 2.45) is 0 Å². The normalized spacial score (nSPS) is 22.8. The van der Waals surface area contributed by atoms with E-state index in [1.54, 1.807) is 31.2 Å². The molecule has 0 aliphatic carbocycles. The molecule has 1 aliphatic rings. The molecule has 0 saturated carbocycles. The van der Waals surface area contributed by atoms with E-state index in [0.29, 0.717) is 12.0 Å². The third kappa shape index (κ3) is 2.33. The van der Waals surface area contributed by atoms with Crippen molar-refractivity contribution in [3.63, 3.8) is 0 Å². The summed E-state index contributed by atoms with van der Waals surface area (Å²) in [7, 11) is 1.37. The molecule has 2 rings (SSSR count). The molecule has 1 aromatic rings. The number of urea groups is 1. The Hall–Kier alpha value is -1.17. The second-order valence-electron chi connectivity index (χ2n) is 4.25. The van der Waals surface area contributed by atoms with Crippen LogP contribution in [-0.4, -0.2) is 59.4 Å². The number of nitrogens with zero attached hydrogens (tertiary/aromatic N) is 1. The number of hydrogen-bond acceptors (Lipinski definition) is 3. The molecule has 1 aliphatic heterocycles. The molecular formula is C13H15N2NaO3. The predicted octanol–water partition coefficient (Wildman–Crippen LogP) is 0.394. The number of carbonyl (C=O) groups excluding carboxylic acids is 3. The van der Waals surface area contributed by atoms with Crippen LogP contribution in [0.2, 0.25) is 0 Å². The molecule has 96 valence electrons. The van der Waals surface area contributed by atoms with Gasteiger partial charge < -0.3 is 0 Å². The number of hydrogen-bond donors (Lipinski definition) is 1. The molecule has 0 bridgehead atoms. The summed E-state index contributed by atoms with van der Waals surface area (Å²) in [5.74, 6) is -1.03. The van der Waals surface area contributed by atoms with Crippen molar-refractivity contribution in [2.75, 3.05) is 7.05 Å². The molecule has 1 saturated heterocycles. The van der Waals surface area contributed by atoms with Gasteiger partial charge >= 0.3 is 35.6 Å². The zero-order valence-corrected chi connectivity index (χ0v) is 10.3. The van der Waals surface area contributed by atoms with Crippen molar-refractivity contribution < 1.29 is 14.4 Å². The monoisotopic (exact) mass is 270 g/mol. The molecule has 1 N–H and O–H groups in total. The van der Waals surface area contributed by atoms with Crippen molar-refractivity contribution >= 4 is 47.4 Å². The zero-order valence-electron chi connectivity index (χ0n) is 10.3. The number of amides is 4. The Balaban J connectivity index is 0.00000180. The van der Waals surface area contributed by atoms with Gasteiger partial charge in [0.2, 0.25) is 5.91 Å². The number of likely N-dealkylation sites (N-methyl/N-ethyl adjacent to an activating group) is 1. The van der Waals surface area contributed by atoms with Gasteiger partial charge in [0.25, 0.3) is 5.91 Å². The second-order valence-corrected chi connectivity index (χ2v) is 4.25. The Bertz CT molecular complexity index is 518. The molecule has 0 radical (unpaired) electrons. The fraction of sp³-hybridized carbons (Fsp3) is 0.308. The van der Waals surface area contributed by atoms with Crippen molar-refractivity contribution in [2.45, 2.75) is 18.8 Å². The fourth-order valence-corrected chi connectivity index (χ4v) is 2.26. The number of nitrogens with one attached hydrogen (secondary N) is 1. The van der Waals surface area contributed by atoms with Crippen LogP contribution in [0.15, 0.2) is 30.3 Å². The number of imide groups is 2. The molecule has 6 heteroatoms. The van der Waals surface area contributed by atoms with E-state index < -0.39 is 23.3 Å². The summed E-state index contributed by atoms with van der Waals surface area (Å²) in [5.41, 5.74) is -0.696. The fourth-order valence-electron chi connectivity index (χ4n) is 2.26. The van der Waals surface area contributed by atoms with Crippen molar-refractivity contribution in [1.82, 2.24) is 10.2 Å². The molecule has 1 heterocycles. The molecule has 5 nitrogen and oxygen atoms in total. The van der Waals surface area contributed by atoms with Crippen molar-refractivity contribution in [3.05, 3.63) is 35.9 Å². The molecule has 1 atom stereocenters. The average Bonchev–Trinajstić information content (AvgIpc) is 2.39. The van der Waals surface area contributed by atoms with Crippen molar-refractivity contribution in [1.29, 1.82) is 0 Å². The van der Waals surface area contributed by atoms with Gasteiger partial charge in [-0.15, -0.1) is 0 Å². The van der Waals surface area contributed by atoms with Gasteiger partial charge in [-0.05, 0) is 12.0 Å². The number of barbiturate groups is 1. The van der Waals surface area contributed by atoms with E-state index in [4.69, 9.17) is 0 Å². The molecule has 4 amide bonds. The first-order valence-corrected chi connectivity index (χ1v) is 5.73. The first-order chi connectivity index (χ1) is 8.54.